The van der Waals surface area contributed by atoms with E-state index in [0.29, 0.717) is 28.7 Å². The normalized spacial score (nSPS) is 14.9. The molecule has 0 amide bonds. The molecule has 0 fully saturated rings. The van der Waals surface area contributed by atoms with Gasteiger partial charge < -0.3 is 0 Å². The van der Waals surface area contributed by atoms with Crippen LogP contribution in [0, 0.1) is 6.92 Å². The average Bonchev–Trinajstić information content (AvgIpc) is 2.72. The molecule has 0 aromatic heterocycles. The number of carbonyl (C=O) groups is 2. The molecule has 0 radical (unpaired) electrons. The molecule has 154 valence electrons. The fraction of sp³-hybridized carbons (Fsp3) is 0.286. The van der Waals surface area contributed by atoms with Gasteiger partial charge in [0.1, 0.15) is 0 Å². The Balaban J connectivity index is 1.59. The summed E-state index contributed by atoms with van der Waals surface area (Å²) in [5.74, 6) is -0.0402. The maximum absolute atomic E-state index is 12.8. The Labute approximate surface area is 180 Å². The summed E-state index contributed by atoms with van der Waals surface area (Å²) in [4.78, 5) is 25.4. The van der Waals surface area contributed by atoms with E-state index >= 15 is 0 Å². The smallest absolute Gasteiger partial charge is 0.190 e. The largest absolute Gasteiger partial charge is 0.289 e. The molecule has 1 aliphatic rings. The summed E-state index contributed by atoms with van der Waals surface area (Å²) in [6.07, 6.45) is 7.83. The number of allylic oxidation sites excluding steroid dienone is 6. The van der Waals surface area contributed by atoms with E-state index in [4.69, 9.17) is 0 Å². The second kappa shape index (κ2) is 9.67. The first-order valence-corrected chi connectivity index (χ1v) is 10.6. The van der Waals surface area contributed by atoms with Crippen molar-refractivity contribution in [2.45, 2.75) is 53.4 Å². The fourth-order valence-electron chi connectivity index (χ4n) is 3.94. The zero-order valence-corrected chi connectivity index (χ0v) is 18.4. The Bertz CT molecular complexity index is 1060. The summed E-state index contributed by atoms with van der Waals surface area (Å²) in [7, 11) is 0. The number of hydrogen-bond acceptors (Lipinski definition) is 2. The van der Waals surface area contributed by atoms with Gasteiger partial charge in [-0.25, -0.2) is 0 Å². The molecule has 0 saturated heterocycles. The molecule has 0 atom stereocenters. The lowest BCUT2D eigenvalue weighted by molar-refractivity contribution is 0.0973. The Morgan fingerprint density at radius 3 is 2.23 bits per heavy atom. The number of hydrogen-bond donors (Lipinski definition) is 0. The summed E-state index contributed by atoms with van der Waals surface area (Å²) in [6, 6.07) is 15.7. The number of Topliss-reactive ketones (excluding diaryl/α,β-unsaturated/α-hetero) is 2. The van der Waals surface area contributed by atoms with Crippen molar-refractivity contribution in [1.82, 2.24) is 0 Å². The van der Waals surface area contributed by atoms with Crippen molar-refractivity contribution in [1.29, 1.82) is 0 Å². The minimum absolute atomic E-state index is 0.0133. The van der Waals surface area contributed by atoms with Crippen LogP contribution in [0.3, 0.4) is 0 Å². The second-order valence-electron chi connectivity index (χ2n) is 8.32. The highest BCUT2D eigenvalue weighted by atomic mass is 16.1. The molecule has 1 aliphatic carbocycles. The number of benzene rings is 2. The quantitative estimate of drug-likeness (QED) is 0.471. The predicted molar refractivity (Wildman–Crippen MR) is 124 cm³/mol. The maximum atomic E-state index is 12.8. The summed E-state index contributed by atoms with van der Waals surface area (Å²) in [5.41, 5.74) is 7.52. The highest BCUT2D eigenvalue weighted by Crippen LogP contribution is 2.28. The molecule has 2 nitrogen and oxygen atoms in total. The standard InChI is InChI=1S/C28H30O2/c1-19(9-7-10-20(2)17-23-12-8-11-21(3)18-23)15-16-24-22(4)27(29)25-13-5-6-14-26(25)28(24)30/h5-6,8,10-15,18H,7,9,16-17H2,1-4H3/b19-15+,20-10+. The van der Waals surface area contributed by atoms with Crippen molar-refractivity contribution >= 4 is 11.6 Å². The summed E-state index contributed by atoms with van der Waals surface area (Å²) in [5, 5.41) is 0. The van der Waals surface area contributed by atoms with Crippen molar-refractivity contribution in [3.8, 4) is 0 Å². The molecule has 0 bridgehead atoms. The molecule has 2 heteroatoms. The van der Waals surface area contributed by atoms with Gasteiger partial charge in [0.25, 0.3) is 0 Å². The number of fused-ring (bicyclic) bond motifs is 1. The molecule has 30 heavy (non-hydrogen) atoms. The van der Waals surface area contributed by atoms with Crippen LogP contribution in [0.2, 0.25) is 0 Å². The number of ketones is 2. The number of aryl methyl sites for hydroxylation is 1. The molecule has 0 unspecified atom stereocenters. The van der Waals surface area contributed by atoms with Gasteiger partial charge in [0, 0.05) is 22.3 Å². The van der Waals surface area contributed by atoms with Crippen molar-refractivity contribution in [3.05, 3.63) is 105 Å². The van der Waals surface area contributed by atoms with Crippen LogP contribution in [-0.2, 0) is 6.42 Å². The van der Waals surface area contributed by atoms with E-state index in [1.807, 2.05) is 6.07 Å². The molecule has 0 heterocycles. The Kier molecular flexibility index (Phi) is 6.99. The van der Waals surface area contributed by atoms with E-state index < -0.39 is 0 Å². The molecule has 2 aromatic carbocycles. The van der Waals surface area contributed by atoms with Crippen molar-refractivity contribution in [2.24, 2.45) is 0 Å². The van der Waals surface area contributed by atoms with E-state index in [2.05, 4.69) is 57.2 Å². The minimum Gasteiger partial charge on any atom is -0.289 e. The first-order valence-electron chi connectivity index (χ1n) is 10.6. The fourth-order valence-corrected chi connectivity index (χ4v) is 3.94. The molecule has 0 saturated carbocycles. The van der Waals surface area contributed by atoms with Crippen molar-refractivity contribution < 1.29 is 9.59 Å². The van der Waals surface area contributed by atoms with Gasteiger partial charge in [0.2, 0.25) is 0 Å². The summed E-state index contributed by atoms with van der Waals surface area (Å²) < 4.78 is 0. The van der Waals surface area contributed by atoms with Crippen LogP contribution in [0.25, 0.3) is 0 Å². The van der Waals surface area contributed by atoms with Crippen LogP contribution < -0.4 is 0 Å². The highest BCUT2D eigenvalue weighted by molar-refractivity contribution is 6.26. The van der Waals surface area contributed by atoms with Crippen LogP contribution in [0.5, 0.6) is 0 Å². The third kappa shape index (κ3) is 5.13. The SMILES string of the molecule is CC1=C(C/C=C(\C)CC/C=C(\C)Cc2cccc(C)c2)C(=O)c2ccccc2C1=O. The highest BCUT2D eigenvalue weighted by Gasteiger charge is 2.28. The monoisotopic (exact) mass is 398 g/mol. The van der Waals surface area contributed by atoms with Gasteiger partial charge in [-0.15, -0.1) is 0 Å². The Morgan fingerprint density at radius 1 is 0.833 bits per heavy atom. The maximum Gasteiger partial charge on any atom is 0.190 e. The zero-order chi connectivity index (χ0) is 21.7. The summed E-state index contributed by atoms with van der Waals surface area (Å²) in [6.45, 7) is 8.17. The predicted octanol–water partition coefficient (Wildman–Crippen LogP) is 7.00. The lowest BCUT2D eigenvalue weighted by Gasteiger charge is -2.18. The molecule has 3 rings (SSSR count). The van der Waals surface area contributed by atoms with Gasteiger partial charge >= 0.3 is 0 Å². The van der Waals surface area contributed by atoms with Gasteiger partial charge in [0.05, 0.1) is 0 Å². The van der Waals surface area contributed by atoms with E-state index in [9.17, 15) is 9.59 Å². The molecule has 2 aromatic rings. The van der Waals surface area contributed by atoms with Crippen molar-refractivity contribution in [3.63, 3.8) is 0 Å². The first kappa shape index (κ1) is 21.7. The van der Waals surface area contributed by atoms with Gasteiger partial charge in [0.15, 0.2) is 11.6 Å². The molecular weight excluding hydrogens is 368 g/mol. The molecule has 0 spiro atoms. The third-order valence-electron chi connectivity index (χ3n) is 5.74. The van der Waals surface area contributed by atoms with Crippen molar-refractivity contribution in [2.75, 3.05) is 0 Å². The second-order valence-corrected chi connectivity index (χ2v) is 8.32. The van der Waals surface area contributed by atoms with Gasteiger partial charge in [-0.1, -0.05) is 77.4 Å². The van der Waals surface area contributed by atoms with E-state index in [1.54, 1.807) is 25.1 Å². The number of carbonyl (C=O) groups excluding carboxylic acids is 2. The molecule has 0 aliphatic heterocycles. The van der Waals surface area contributed by atoms with Crippen LogP contribution >= 0.6 is 0 Å². The average molecular weight is 399 g/mol. The number of rotatable bonds is 7. The van der Waals surface area contributed by atoms with Crippen LogP contribution in [0.15, 0.2) is 83.0 Å². The van der Waals surface area contributed by atoms with Crippen LogP contribution in [0.4, 0.5) is 0 Å². The Morgan fingerprint density at radius 2 is 1.53 bits per heavy atom. The molecule has 0 N–H and O–H groups in total. The van der Waals surface area contributed by atoms with Gasteiger partial charge in [-0.2, -0.15) is 0 Å². The lowest BCUT2D eigenvalue weighted by atomic mass is 9.83. The first-order chi connectivity index (χ1) is 14.4. The van der Waals surface area contributed by atoms with Gasteiger partial charge in [-0.05, 0) is 58.9 Å². The minimum atomic E-state index is -0.0269. The lowest BCUT2D eigenvalue weighted by Crippen LogP contribution is -2.20. The van der Waals surface area contributed by atoms with Crippen LogP contribution in [-0.4, -0.2) is 11.6 Å². The molecular formula is C28H30O2. The van der Waals surface area contributed by atoms with Crippen LogP contribution in [0.1, 0.15) is 71.9 Å². The Hall–Kier alpha value is -3.00. The summed E-state index contributed by atoms with van der Waals surface area (Å²) >= 11 is 0. The zero-order valence-electron chi connectivity index (χ0n) is 18.4. The third-order valence-corrected chi connectivity index (χ3v) is 5.74. The van der Waals surface area contributed by atoms with E-state index in [1.165, 1.54) is 22.3 Å². The van der Waals surface area contributed by atoms with E-state index in [-0.39, 0.29) is 11.6 Å². The van der Waals surface area contributed by atoms with Gasteiger partial charge in [-0.3, -0.25) is 9.59 Å². The van der Waals surface area contributed by atoms with E-state index in [0.717, 1.165) is 19.3 Å². The topological polar surface area (TPSA) is 34.1 Å².